The predicted molar refractivity (Wildman–Crippen MR) is 119 cm³/mol. The maximum Gasteiger partial charge on any atom is 0.271 e. The lowest BCUT2D eigenvalue weighted by molar-refractivity contribution is -0.00734. The van der Waals surface area contributed by atoms with Crippen LogP contribution in [0.2, 0.25) is 0 Å². The molecular weight excluding hydrogens is 448 g/mol. The van der Waals surface area contributed by atoms with Crippen LogP contribution in [0, 0.1) is 0 Å². The van der Waals surface area contributed by atoms with E-state index in [0.717, 1.165) is 35.3 Å². The molecule has 0 aromatic carbocycles. The summed E-state index contributed by atoms with van der Waals surface area (Å²) in [6.07, 6.45) is 5.43. The van der Waals surface area contributed by atoms with Gasteiger partial charge in [-0.25, -0.2) is 13.4 Å². The minimum atomic E-state index is -3.50. The number of hydrogen-bond acceptors (Lipinski definition) is 9. The van der Waals surface area contributed by atoms with E-state index < -0.39 is 34.2 Å². The van der Waals surface area contributed by atoms with Crippen molar-refractivity contribution in [2.75, 3.05) is 23.0 Å². The molecule has 1 amide bonds. The average Bonchev–Trinajstić information content (AvgIpc) is 3.14. The molecule has 2 aromatic rings. The average molecular weight is 475 g/mol. The molecule has 0 radical (unpaired) electrons. The molecule has 0 bridgehead atoms. The number of carbonyl (C=O) groups excluding carboxylic acids is 1. The van der Waals surface area contributed by atoms with Gasteiger partial charge in [0.2, 0.25) is 10.0 Å². The van der Waals surface area contributed by atoms with Crippen molar-refractivity contribution in [3.05, 3.63) is 41.2 Å². The van der Waals surface area contributed by atoms with Gasteiger partial charge < -0.3 is 15.5 Å². The molecule has 0 aliphatic carbocycles. The van der Waals surface area contributed by atoms with Crippen molar-refractivity contribution in [1.82, 2.24) is 15.3 Å². The first-order valence-corrected chi connectivity index (χ1v) is 13.3. The SMILES string of the molecule is CSCCCC(O)C(O)C(Cc1ccncc1)NC(=O)c1csc(NS(C)(=O)=O)n1. The van der Waals surface area contributed by atoms with Crippen LogP contribution in [0.5, 0.6) is 0 Å². The minimum Gasteiger partial charge on any atom is -0.390 e. The molecule has 3 atom stereocenters. The first-order valence-electron chi connectivity index (χ1n) is 9.17. The van der Waals surface area contributed by atoms with Crippen LogP contribution in [-0.4, -0.2) is 71.0 Å². The van der Waals surface area contributed by atoms with E-state index in [1.54, 1.807) is 36.3 Å². The van der Waals surface area contributed by atoms with E-state index in [-0.39, 0.29) is 17.2 Å². The molecule has 0 saturated carbocycles. The molecule has 12 heteroatoms. The molecule has 2 aromatic heterocycles. The molecule has 2 rings (SSSR count). The number of carbonyl (C=O) groups is 1. The molecule has 3 unspecified atom stereocenters. The Morgan fingerprint density at radius 3 is 2.63 bits per heavy atom. The van der Waals surface area contributed by atoms with Crippen molar-refractivity contribution >= 4 is 44.2 Å². The summed E-state index contributed by atoms with van der Waals surface area (Å²) in [5.41, 5.74) is 0.860. The number of amides is 1. The fourth-order valence-corrected chi connectivity index (χ4v) is 4.73. The van der Waals surface area contributed by atoms with Crippen LogP contribution in [0.3, 0.4) is 0 Å². The fraction of sp³-hybridized carbons (Fsp3) is 0.500. The Morgan fingerprint density at radius 2 is 2.00 bits per heavy atom. The molecule has 0 aliphatic rings. The Kier molecular flexibility index (Phi) is 9.49. The van der Waals surface area contributed by atoms with Gasteiger partial charge in [0.25, 0.3) is 5.91 Å². The maximum atomic E-state index is 12.7. The number of anilines is 1. The number of nitrogens with one attached hydrogen (secondary N) is 2. The normalized spacial score (nSPS) is 14.7. The summed E-state index contributed by atoms with van der Waals surface area (Å²) < 4.78 is 24.9. The second kappa shape index (κ2) is 11.6. The lowest BCUT2D eigenvalue weighted by Gasteiger charge is -2.27. The summed E-state index contributed by atoms with van der Waals surface area (Å²) >= 11 is 2.63. The number of thiazole rings is 1. The minimum absolute atomic E-state index is 0.0231. The molecule has 0 spiro atoms. The second-order valence-corrected chi connectivity index (χ2v) is 10.3. The topological polar surface area (TPSA) is 142 Å². The molecule has 9 nitrogen and oxygen atoms in total. The lowest BCUT2D eigenvalue weighted by atomic mass is 9.96. The third-order valence-corrected chi connectivity index (χ3v) is 6.33. The highest BCUT2D eigenvalue weighted by Crippen LogP contribution is 2.18. The third kappa shape index (κ3) is 8.19. The fourth-order valence-electron chi connectivity index (χ4n) is 2.73. The number of pyridine rings is 1. The van der Waals surface area contributed by atoms with Gasteiger partial charge >= 0.3 is 0 Å². The van der Waals surface area contributed by atoms with Crippen molar-refractivity contribution < 1.29 is 23.4 Å². The smallest absolute Gasteiger partial charge is 0.271 e. The number of sulfonamides is 1. The van der Waals surface area contributed by atoms with Crippen LogP contribution >= 0.6 is 23.1 Å². The highest BCUT2D eigenvalue weighted by molar-refractivity contribution is 7.98. The van der Waals surface area contributed by atoms with E-state index >= 15 is 0 Å². The summed E-state index contributed by atoms with van der Waals surface area (Å²) in [5, 5.41) is 25.3. The summed E-state index contributed by atoms with van der Waals surface area (Å²) in [4.78, 5) is 20.6. The number of aliphatic hydroxyl groups is 2. The molecule has 30 heavy (non-hydrogen) atoms. The Morgan fingerprint density at radius 1 is 1.30 bits per heavy atom. The summed E-state index contributed by atoms with van der Waals surface area (Å²) in [6.45, 7) is 0. The zero-order chi connectivity index (χ0) is 22.1. The van der Waals surface area contributed by atoms with E-state index in [4.69, 9.17) is 0 Å². The van der Waals surface area contributed by atoms with Crippen molar-refractivity contribution in [2.24, 2.45) is 0 Å². The van der Waals surface area contributed by atoms with Gasteiger partial charge in [0.1, 0.15) is 11.8 Å². The number of aromatic nitrogens is 2. The first kappa shape index (κ1) is 24.5. The number of aliphatic hydroxyl groups excluding tert-OH is 2. The van der Waals surface area contributed by atoms with E-state index in [1.807, 2.05) is 6.26 Å². The van der Waals surface area contributed by atoms with Crippen LogP contribution in [0.4, 0.5) is 5.13 Å². The van der Waals surface area contributed by atoms with E-state index in [0.29, 0.717) is 6.42 Å². The van der Waals surface area contributed by atoms with Crippen molar-refractivity contribution in [3.63, 3.8) is 0 Å². The van der Waals surface area contributed by atoms with Crippen LogP contribution in [-0.2, 0) is 16.4 Å². The number of rotatable bonds is 12. The van der Waals surface area contributed by atoms with Crippen molar-refractivity contribution in [1.29, 1.82) is 0 Å². The van der Waals surface area contributed by atoms with Crippen LogP contribution < -0.4 is 10.0 Å². The molecule has 4 N–H and O–H groups in total. The van der Waals surface area contributed by atoms with E-state index in [1.165, 1.54) is 5.38 Å². The standard InChI is InChI=1S/C18H26N4O5S3/c1-28-9-3-4-15(23)16(24)13(10-12-5-7-19-8-6-12)20-17(25)14-11-29-18(21-14)22-30(2,26)27/h5-8,11,13,15-16,23-24H,3-4,9-10H2,1-2H3,(H,20,25)(H,21,22). The van der Waals surface area contributed by atoms with Crippen LogP contribution in [0.25, 0.3) is 0 Å². The highest BCUT2D eigenvalue weighted by Gasteiger charge is 2.29. The molecular formula is C18H26N4O5S3. The highest BCUT2D eigenvalue weighted by atomic mass is 32.2. The van der Waals surface area contributed by atoms with E-state index in [9.17, 15) is 23.4 Å². The number of nitrogens with zero attached hydrogens (tertiary/aromatic N) is 2. The summed E-state index contributed by atoms with van der Waals surface area (Å²) in [7, 11) is -3.50. The Labute approximate surface area is 184 Å². The zero-order valence-electron chi connectivity index (χ0n) is 16.7. The Bertz CT molecular complexity index is 908. The van der Waals surface area contributed by atoms with Gasteiger partial charge in [-0.05, 0) is 49.0 Å². The third-order valence-electron chi connectivity index (χ3n) is 4.19. The Balaban J connectivity index is 2.12. The monoisotopic (exact) mass is 474 g/mol. The van der Waals surface area contributed by atoms with Gasteiger partial charge in [0, 0.05) is 17.8 Å². The van der Waals surface area contributed by atoms with E-state index in [2.05, 4.69) is 20.0 Å². The van der Waals surface area contributed by atoms with Crippen LogP contribution in [0.1, 0.15) is 28.9 Å². The van der Waals surface area contributed by atoms with Crippen molar-refractivity contribution in [2.45, 2.75) is 37.5 Å². The number of thioether (sulfide) groups is 1. The van der Waals surface area contributed by atoms with Gasteiger partial charge in [-0.15, -0.1) is 11.3 Å². The second-order valence-electron chi connectivity index (χ2n) is 6.74. The predicted octanol–water partition coefficient (Wildman–Crippen LogP) is 1.12. The summed E-state index contributed by atoms with van der Waals surface area (Å²) in [6, 6.07) is 2.77. The number of hydrogen-bond donors (Lipinski definition) is 4. The molecule has 0 fully saturated rings. The maximum absolute atomic E-state index is 12.7. The van der Waals surface area contributed by atoms with Gasteiger partial charge in [0.05, 0.1) is 18.4 Å². The molecule has 0 aliphatic heterocycles. The Hall–Kier alpha value is -1.73. The van der Waals surface area contributed by atoms with Crippen molar-refractivity contribution in [3.8, 4) is 0 Å². The van der Waals surface area contributed by atoms with Gasteiger partial charge in [-0.3, -0.25) is 14.5 Å². The van der Waals surface area contributed by atoms with Gasteiger partial charge in [0.15, 0.2) is 5.13 Å². The van der Waals surface area contributed by atoms with Gasteiger partial charge in [-0.2, -0.15) is 11.8 Å². The van der Waals surface area contributed by atoms with Crippen LogP contribution in [0.15, 0.2) is 29.9 Å². The quantitative estimate of drug-likeness (QED) is 0.335. The largest absolute Gasteiger partial charge is 0.390 e. The zero-order valence-corrected chi connectivity index (χ0v) is 19.1. The lowest BCUT2D eigenvalue weighted by Crippen LogP contribution is -2.50. The molecule has 166 valence electrons. The van der Waals surface area contributed by atoms with Gasteiger partial charge in [-0.1, -0.05) is 0 Å². The first-order chi connectivity index (χ1) is 14.2. The molecule has 0 saturated heterocycles. The summed E-state index contributed by atoms with van der Waals surface area (Å²) in [5.74, 6) is 0.294. The molecule has 2 heterocycles.